The van der Waals surface area contributed by atoms with Crippen molar-refractivity contribution in [1.29, 1.82) is 0 Å². The molecular weight excluding hydrogens is 374 g/mol. The summed E-state index contributed by atoms with van der Waals surface area (Å²) in [6, 6.07) is 5.63. The maximum absolute atomic E-state index is 12.5. The number of pyridine rings is 1. The van der Waals surface area contributed by atoms with Crippen LogP contribution in [0.15, 0.2) is 40.1 Å². The van der Waals surface area contributed by atoms with Crippen molar-refractivity contribution in [3.8, 4) is 0 Å². The lowest BCUT2D eigenvalue weighted by molar-refractivity contribution is 0.0996. The van der Waals surface area contributed by atoms with E-state index in [2.05, 4.69) is 10.3 Å². The van der Waals surface area contributed by atoms with Crippen LogP contribution in [0, 0.1) is 0 Å². The molecule has 0 spiro atoms. The van der Waals surface area contributed by atoms with Crippen molar-refractivity contribution in [2.45, 2.75) is 0 Å². The maximum atomic E-state index is 12.5. The SMILES string of the molecule is Cn1c(=O)c2cc(C(=O)Nc3ccc(Cl)c(C(N)=O)c3)cnc2n(C)c1=O. The number of carbonyl (C=O) groups excluding carboxylic acids is 2. The minimum absolute atomic E-state index is 0.0648. The Bertz CT molecular complexity index is 1230. The van der Waals surface area contributed by atoms with Gasteiger partial charge in [-0.15, -0.1) is 0 Å². The van der Waals surface area contributed by atoms with Gasteiger partial charge in [0.15, 0.2) is 0 Å². The second-order valence-corrected chi connectivity index (χ2v) is 6.22. The summed E-state index contributed by atoms with van der Waals surface area (Å²) in [6.07, 6.45) is 1.25. The van der Waals surface area contributed by atoms with Gasteiger partial charge in [-0.25, -0.2) is 9.78 Å². The monoisotopic (exact) mass is 387 g/mol. The van der Waals surface area contributed by atoms with Crippen molar-refractivity contribution in [3.63, 3.8) is 0 Å². The summed E-state index contributed by atoms with van der Waals surface area (Å²) in [5.74, 6) is -1.29. The van der Waals surface area contributed by atoms with Crippen molar-refractivity contribution in [1.82, 2.24) is 14.1 Å². The molecule has 0 radical (unpaired) electrons. The highest BCUT2D eigenvalue weighted by Crippen LogP contribution is 2.21. The van der Waals surface area contributed by atoms with Gasteiger partial charge in [-0.2, -0.15) is 0 Å². The van der Waals surface area contributed by atoms with Crippen LogP contribution in [0.2, 0.25) is 5.02 Å². The molecule has 1 aromatic carbocycles. The molecule has 2 amide bonds. The normalized spacial score (nSPS) is 10.8. The van der Waals surface area contributed by atoms with Gasteiger partial charge in [0.1, 0.15) is 5.65 Å². The molecule has 3 N–H and O–H groups in total. The molecule has 138 valence electrons. The lowest BCUT2D eigenvalue weighted by atomic mass is 10.1. The number of aromatic nitrogens is 3. The summed E-state index contributed by atoms with van der Waals surface area (Å²) in [5.41, 5.74) is 4.80. The van der Waals surface area contributed by atoms with Crippen molar-refractivity contribution in [2.24, 2.45) is 19.8 Å². The Kier molecular flexibility index (Phi) is 4.54. The molecule has 3 aromatic rings. The van der Waals surface area contributed by atoms with Crippen molar-refractivity contribution in [2.75, 3.05) is 5.32 Å². The molecule has 0 aliphatic heterocycles. The number of rotatable bonds is 3. The van der Waals surface area contributed by atoms with Gasteiger partial charge in [0, 0.05) is 26.0 Å². The van der Waals surface area contributed by atoms with Crippen LogP contribution in [0.25, 0.3) is 11.0 Å². The number of hydrogen-bond acceptors (Lipinski definition) is 5. The molecule has 0 fully saturated rings. The Hall–Kier alpha value is -3.46. The lowest BCUT2D eigenvalue weighted by Crippen LogP contribution is -2.37. The van der Waals surface area contributed by atoms with E-state index in [0.717, 1.165) is 4.57 Å². The number of aryl methyl sites for hydroxylation is 1. The largest absolute Gasteiger partial charge is 0.366 e. The Morgan fingerprint density at radius 1 is 1.15 bits per heavy atom. The molecular formula is C17H14ClN5O4. The highest BCUT2D eigenvalue weighted by Gasteiger charge is 2.15. The highest BCUT2D eigenvalue weighted by atomic mass is 35.5. The zero-order chi connectivity index (χ0) is 19.9. The lowest BCUT2D eigenvalue weighted by Gasteiger charge is -2.09. The number of carbonyl (C=O) groups is 2. The van der Waals surface area contributed by atoms with E-state index in [-0.39, 0.29) is 27.2 Å². The minimum atomic E-state index is -0.729. The number of benzene rings is 1. The molecule has 2 heterocycles. The average molecular weight is 388 g/mol. The minimum Gasteiger partial charge on any atom is -0.366 e. The molecule has 0 saturated carbocycles. The Morgan fingerprint density at radius 3 is 2.52 bits per heavy atom. The zero-order valence-electron chi connectivity index (χ0n) is 14.3. The maximum Gasteiger partial charge on any atom is 0.332 e. The second-order valence-electron chi connectivity index (χ2n) is 5.81. The van der Waals surface area contributed by atoms with Crippen LogP contribution in [0.1, 0.15) is 20.7 Å². The molecule has 3 rings (SSSR count). The van der Waals surface area contributed by atoms with Gasteiger partial charge in [0.2, 0.25) is 5.91 Å². The summed E-state index contributed by atoms with van der Waals surface area (Å²) < 4.78 is 2.15. The molecule has 27 heavy (non-hydrogen) atoms. The smallest absolute Gasteiger partial charge is 0.332 e. The van der Waals surface area contributed by atoms with E-state index in [0.29, 0.717) is 5.69 Å². The summed E-state index contributed by atoms with van der Waals surface area (Å²) >= 11 is 5.88. The van der Waals surface area contributed by atoms with Gasteiger partial charge >= 0.3 is 5.69 Å². The van der Waals surface area contributed by atoms with Crippen molar-refractivity contribution in [3.05, 3.63) is 67.4 Å². The zero-order valence-corrected chi connectivity index (χ0v) is 15.1. The molecule has 0 saturated heterocycles. The van der Waals surface area contributed by atoms with Crippen LogP contribution in [-0.4, -0.2) is 25.9 Å². The third-order valence-electron chi connectivity index (χ3n) is 4.05. The predicted octanol–water partition coefficient (Wildman–Crippen LogP) is 0.637. The summed E-state index contributed by atoms with van der Waals surface area (Å²) in [6.45, 7) is 0. The fraction of sp³-hybridized carbons (Fsp3) is 0.118. The number of amides is 2. The number of fused-ring (bicyclic) bond motifs is 1. The molecule has 0 aliphatic carbocycles. The topological polar surface area (TPSA) is 129 Å². The Balaban J connectivity index is 2.02. The predicted molar refractivity (Wildman–Crippen MR) is 100 cm³/mol. The van der Waals surface area contributed by atoms with Crippen LogP contribution >= 0.6 is 11.6 Å². The number of primary amides is 1. The first-order chi connectivity index (χ1) is 12.7. The molecule has 0 unspecified atom stereocenters. The molecule has 0 bridgehead atoms. The molecule has 0 aliphatic rings. The summed E-state index contributed by atoms with van der Waals surface area (Å²) in [7, 11) is 2.83. The van der Waals surface area contributed by atoms with Crippen LogP contribution in [0.5, 0.6) is 0 Å². The van der Waals surface area contributed by atoms with Gasteiger partial charge in [0.25, 0.3) is 11.5 Å². The number of nitrogens with two attached hydrogens (primary N) is 1. The van der Waals surface area contributed by atoms with E-state index in [1.807, 2.05) is 0 Å². The first-order valence-electron chi connectivity index (χ1n) is 7.67. The van der Waals surface area contributed by atoms with Gasteiger partial charge in [-0.3, -0.25) is 23.5 Å². The molecule has 0 atom stereocenters. The fourth-order valence-electron chi connectivity index (χ4n) is 2.58. The number of halogens is 1. The van der Waals surface area contributed by atoms with Crippen LogP contribution in [-0.2, 0) is 14.1 Å². The van der Waals surface area contributed by atoms with E-state index >= 15 is 0 Å². The number of nitrogens with zero attached hydrogens (tertiary/aromatic N) is 3. The van der Waals surface area contributed by atoms with Crippen LogP contribution in [0.4, 0.5) is 5.69 Å². The number of nitrogens with one attached hydrogen (secondary N) is 1. The van der Waals surface area contributed by atoms with Gasteiger partial charge in [-0.05, 0) is 24.3 Å². The number of hydrogen-bond donors (Lipinski definition) is 2. The second kappa shape index (κ2) is 6.69. The highest BCUT2D eigenvalue weighted by molar-refractivity contribution is 6.34. The van der Waals surface area contributed by atoms with E-state index in [4.69, 9.17) is 17.3 Å². The Labute approximate surface area is 157 Å². The molecule has 2 aromatic heterocycles. The van der Waals surface area contributed by atoms with Gasteiger partial charge < -0.3 is 11.1 Å². The molecule has 10 heteroatoms. The van der Waals surface area contributed by atoms with Gasteiger partial charge in [0.05, 0.1) is 21.5 Å². The van der Waals surface area contributed by atoms with Crippen LogP contribution < -0.4 is 22.3 Å². The third-order valence-corrected chi connectivity index (χ3v) is 4.37. The summed E-state index contributed by atoms with van der Waals surface area (Å²) in [4.78, 5) is 52.1. The number of anilines is 1. The average Bonchev–Trinajstić information content (AvgIpc) is 2.65. The third kappa shape index (κ3) is 3.20. The van der Waals surface area contributed by atoms with E-state index in [1.165, 1.54) is 49.1 Å². The van der Waals surface area contributed by atoms with E-state index in [1.54, 1.807) is 0 Å². The first-order valence-corrected chi connectivity index (χ1v) is 8.05. The summed E-state index contributed by atoms with van der Waals surface area (Å²) in [5, 5.41) is 2.87. The van der Waals surface area contributed by atoms with Crippen molar-refractivity contribution < 1.29 is 9.59 Å². The fourth-order valence-corrected chi connectivity index (χ4v) is 2.80. The van der Waals surface area contributed by atoms with E-state index < -0.39 is 23.1 Å². The van der Waals surface area contributed by atoms with Gasteiger partial charge in [-0.1, -0.05) is 11.6 Å². The van der Waals surface area contributed by atoms with Crippen LogP contribution in [0.3, 0.4) is 0 Å². The standard InChI is InChI=1S/C17H14ClN5O4/c1-22-14-11(16(26)23(2)17(22)27)5-8(7-20-14)15(25)21-9-3-4-12(18)10(6-9)13(19)24/h3-7H,1-2H3,(H2,19,24)(H,21,25). The Morgan fingerprint density at radius 2 is 1.85 bits per heavy atom. The first kappa shape index (κ1) is 18.3. The molecule has 9 nitrogen and oxygen atoms in total. The van der Waals surface area contributed by atoms with E-state index in [9.17, 15) is 19.2 Å². The van der Waals surface area contributed by atoms with Crippen molar-refractivity contribution >= 4 is 40.1 Å². The quantitative estimate of drug-likeness (QED) is 0.681.